The van der Waals surface area contributed by atoms with E-state index in [2.05, 4.69) is 0 Å². The lowest BCUT2D eigenvalue weighted by Crippen LogP contribution is -2.33. The smallest absolute Gasteiger partial charge is 0.253 e. The predicted octanol–water partition coefficient (Wildman–Crippen LogP) is 3.68. The van der Waals surface area contributed by atoms with E-state index in [4.69, 9.17) is 4.74 Å². The van der Waals surface area contributed by atoms with E-state index in [-0.39, 0.29) is 11.9 Å². The number of ether oxygens (including phenoxy) is 1. The Morgan fingerprint density at radius 3 is 2.55 bits per heavy atom. The molecule has 0 N–H and O–H groups in total. The lowest BCUT2D eigenvalue weighted by molar-refractivity contribution is -0.128. The topological polar surface area (TPSA) is 29.5 Å². The first kappa shape index (κ1) is 14.4. The predicted molar refractivity (Wildman–Crippen MR) is 87.5 cm³/mol. The van der Waals surface area contributed by atoms with Gasteiger partial charge in [0.05, 0.1) is 11.6 Å². The standard InChI is InChI=1S/C19H19NO2/c1-14(15-8-4-3-5-9-15)20(2)19(21)17-12-16-10-6-7-11-18(16)22-13-17/h3-12,14H,13H2,1-2H3/t14-/m1/s1. The molecule has 1 aliphatic rings. The molecule has 0 aliphatic carbocycles. The number of hydrogen-bond donors (Lipinski definition) is 0. The number of rotatable bonds is 3. The molecule has 3 heteroatoms. The maximum absolute atomic E-state index is 12.7. The van der Waals surface area contributed by atoms with Crippen LogP contribution in [0.4, 0.5) is 0 Å². The average Bonchev–Trinajstić information content (AvgIpc) is 2.60. The summed E-state index contributed by atoms with van der Waals surface area (Å²) in [5, 5.41) is 0. The van der Waals surface area contributed by atoms with Crippen LogP contribution in [0.25, 0.3) is 6.08 Å². The molecular weight excluding hydrogens is 274 g/mol. The van der Waals surface area contributed by atoms with Crippen LogP contribution in [0.2, 0.25) is 0 Å². The van der Waals surface area contributed by atoms with Crippen molar-refractivity contribution in [3.05, 3.63) is 71.3 Å². The van der Waals surface area contributed by atoms with E-state index in [1.54, 1.807) is 4.90 Å². The molecule has 3 nitrogen and oxygen atoms in total. The summed E-state index contributed by atoms with van der Waals surface area (Å²) in [6.45, 7) is 2.35. The first-order valence-electron chi connectivity index (χ1n) is 7.41. The lowest BCUT2D eigenvalue weighted by atomic mass is 10.0. The van der Waals surface area contributed by atoms with E-state index in [9.17, 15) is 4.79 Å². The highest BCUT2D eigenvalue weighted by atomic mass is 16.5. The van der Waals surface area contributed by atoms with Gasteiger partial charge in [-0.25, -0.2) is 0 Å². The number of para-hydroxylation sites is 1. The van der Waals surface area contributed by atoms with Crippen LogP contribution >= 0.6 is 0 Å². The van der Waals surface area contributed by atoms with Gasteiger partial charge in [0.1, 0.15) is 12.4 Å². The molecule has 0 aromatic heterocycles. The van der Waals surface area contributed by atoms with Gasteiger partial charge in [-0.3, -0.25) is 4.79 Å². The van der Waals surface area contributed by atoms with Gasteiger partial charge in [0.15, 0.2) is 0 Å². The first-order chi connectivity index (χ1) is 10.7. The second kappa shape index (κ2) is 6.06. The zero-order valence-corrected chi connectivity index (χ0v) is 12.8. The fourth-order valence-corrected chi connectivity index (χ4v) is 2.60. The van der Waals surface area contributed by atoms with Crippen molar-refractivity contribution in [2.75, 3.05) is 13.7 Å². The fourth-order valence-electron chi connectivity index (χ4n) is 2.60. The van der Waals surface area contributed by atoms with Crippen LogP contribution in [0, 0.1) is 0 Å². The van der Waals surface area contributed by atoms with Crippen LogP contribution in [0.1, 0.15) is 24.1 Å². The molecule has 1 amide bonds. The summed E-state index contributed by atoms with van der Waals surface area (Å²) in [5.41, 5.74) is 2.76. The minimum absolute atomic E-state index is 0.00542. The maximum atomic E-state index is 12.7. The zero-order chi connectivity index (χ0) is 15.5. The number of likely N-dealkylation sites (N-methyl/N-ethyl adjacent to an activating group) is 1. The molecule has 3 rings (SSSR count). The molecule has 0 saturated carbocycles. The highest BCUT2D eigenvalue weighted by Crippen LogP contribution is 2.28. The molecule has 2 aromatic carbocycles. The number of carbonyl (C=O) groups is 1. The van der Waals surface area contributed by atoms with Gasteiger partial charge < -0.3 is 9.64 Å². The van der Waals surface area contributed by atoms with Crippen molar-refractivity contribution in [3.63, 3.8) is 0 Å². The number of carbonyl (C=O) groups excluding carboxylic acids is 1. The summed E-state index contributed by atoms with van der Waals surface area (Å²) < 4.78 is 5.68. The molecule has 0 bridgehead atoms. The van der Waals surface area contributed by atoms with E-state index >= 15 is 0 Å². The number of fused-ring (bicyclic) bond motifs is 1. The normalized spacial score (nSPS) is 14.4. The Morgan fingerprint density at radius 1 is 1.09 bits per heavy atom. The molecule has 1 atom stereocenters. The highest BCUT2D eigenvalue weighted by molar-refractivity contribution is 5.99. The Labute approximate surface area is 130 Å². The van der Waals surface area contributed by atoms with E-state index in [1.165, 1.54) is 0 Å². The van der Waals surface area contributed by atoms with Crippen LogP contribution in [0.3, 0.4) is 0 Å². The summed E-state index contributed by atoms with van der Waals surface area (Å²) in [4.78, 5) is 14.5. The molecule has 1 aliphatic heterocycles. The van der Waals surface area contributed by atoms with Gasteiger partial charge in [0, 0.05) is 12.6 Å². The third-order valence-corrected chi connectivity index (χ3v) is 4.09. The van der Waals surface area contributed by atoms with Crippen LogP contribution in [0.15, 0.2) is 60.2 Å². The highest BCUT2D eigenvalue weighted by Gasteiger charge is 2.23. The SMILES string of the molecule is C[C@H](c1ccccc1)N(C)C(=O)C1=Cc2ccccc2OC1. The second-order valence-electron chi connectivity index (χ2n) is 5.50. The third-order valence-electron chi connectivity index (χ3n) is 4.09. The summed E-state index contributed by atoms with van der Waals surface area (Å²) in [6, 6.07) is 17.8. The minimum atomic E-state index is 0.00542. The van der Waals surface area contributed by atoms with Crippen LogP contribution in [0.5, 0.6) is 5.75 Å². The van der Waals surface area contributed by atoms with Crippen molar-refractivity contribution >= 4 is 12.0 Å². The van der Waals surface area contributed by atoms with E-state index in [0.717, 1.165) is 16.9 Å². The summed E-state index contributed by atoms with van der Waals surface area (Å²) >= 11 is 0. The van der Waals surface area contributed by atoms with Crippen molar-refractivity contribution in [2.24, 2.45) is 0 Å². The fraction of sp³-hybridized carbons (Fsp3) is 0.211. The number of hydrogen-bond acceptors (Lipinski definition) is 2. The second-order valence-corrected chi connectivity index (χ2v) is 5.50. The Hall–Kier alpha value is -2.55. The van der Waals surface area contributed by atoms with E-state index < -0.39 is 0 Å². The molecule has 22 heavy (non-hydrogen) atoms. The molecule has 112 valence electrons. The number of amides is 1. The average molecular weight is 293 g/mol. The molecule has 2 aromatic rings. The van der Waals surface area contributed by atoms with Gasteiger partial charge in [-0.15, -0.1) is 0 Å². The van der Waals surface area contributed by atoms with Crippen molar-refractivity contribution < 1.29 is 9.53 Å². The molecule has 0 saturated heterocycles. The Morgan fingerprint density at radius 2 is 1.77 bits per heavy atom. The van der Waals surface area contributed by atoms with Crippen molar-refractivity contribution in [3.8, 4) is 5.75 Å². The molecule has 0 radical (unpaired) electrons. The van der Waals surface area contributed by atoms with Crippen LogP contribution < -0.4 is 4.74 Å². The van der Waals surface area contributed by atoms with Gasteiger partial charge >= 0.3 is 0 Å². The number of benzene rings is 2. The van der Waals surface area contributed by atoms with Crippen molar-refractivity contribution in [1.82, 2.24) is 4.90 Å². The number of nitrogens with zero attached hydrogens (tertiary/aromatic N) is 1. The third kappa shape index (κ3) is 2.75. The van der Waals surface area contributed by atoms with Gasteiger partial charge in [-0.1, -0.05) is 48.5 Å². The summed E-state index contributed by atoms with van der Waals surface area (Å²) in [5.74, 6) is 0.837. The van der Waals surface area contributed by atoms with Gasteiger partial charge in [0.2, 0.25) is 0 Å². The van der Waals surface area contributed by atoms with Crippen LogP contribution in [-0.2, 0) is 4.79 Å². The molecule has 0 spiro atoms. The molecule has 1 heterocycles. The van der Waals surface area contributed by atoms with E-state index in [1.807, 2.05) is 74.6 Å². The minimum Gasteiger partial charge on any atom is -0.488 e. The molecule has 0 unspecified atom stereocenters. The summed E-state index contributed by atoms with van der Waals surface area (Å²) in [7, 11) is 1.83. The van der Waals surface area contributed by atoms with E-state index in [0.29, 0.717) is 12.2 Å². The van der Waals surface area contributed by atoms with Gasteiger partial charge in [0.25, 0.3) is 5.91 Å². The van der Waals surface area contributed by atoms with Crippen molar-refractivity contribution in [2.45, 2.75) is 13.0 Å². The largest absolute Gasteiger partial charge is 0.488 e. The Balaban J connectivity index is 1.81. The lowest BCUT2D eigenvalue weighted by Gasteiger charge is -2.27. The zero-order valence-electron chi connectivity index (χ0n) is 12.8. The monoisotopic (exact) mass is 293 g/mol. The quantitative estimate of drug-likeness (QED) is 0.864. The van der Waals surface area contributed by atoms with Gasteiger partial charge in [-0.2, -0.15) is 0 Å². The van der Waals surface area contributed by atoms with Crippen molar-refractivity contribution in [1.29, 1.82) is 0 Å². The first-order valence-corrected chi connectivity index (χ1v) is 7.41. The Kier molecular flexibility index (Phi) is 3.96. The molecule has 0 fully saturated rings. The molecular formula is C19H19NO2. The van der Waals surface area contributed by atoms with Crippen LogP contribution in [-0.4, -0.2) is 24.5 Å². The Bertz CT molecular complexity index is 706. The summed E-state index contributed by atoms with van der Waals surface area (Å²) in [6.07, 6.45) is 1.93. The van der Waals surface area contributed by atoms with Gasteiger partial charge in [-0.05, 0) is 24.6 Å². The maximum Gasteiger partial charge on any atom is 0.253 e.